The van der Waals surface area contributed by atoms with Gasteiger partial charge in [0.05, 0.1) is 32.6 Å². The first-order chi connectivity index (χ1) is 25.3. The summed E-state index contributed by atoms with van der Waals surface area (Å²) in [4.78, 5) is 43.9. The summed E-state index contributed by atoms with van der Waals surface area (Å²) >= 11 is 0. The van der Waals surface area contributed by atoms with Crippen LogP contribution in [-0.4, -0.2) is 62.3 Å². The van der Waals surface area contributed by atoms with E-state index in [0.29, 0.717) is 0 Å². The molecule has 4 aromatic carbocycles. The minimum absolute atomic E-state index is 0.0889. The van der Waals surface area contributed by atoms with Crippen molar-refractivity contribution < 1.29 is 72.6 Å². The van der Waals surface area contributed by atoms with Gasteiger partial charge in [-0.25, -0.2) is 43.2 Å². The lowest BCUT2D eigenvalue weighted by Crippen LogP contribution is -2.25. The van der Waals surface area contributed by atoms with Crippen LogP contribution in [0.5, 0.6) is 0 Å². The van der Waals surface area contributed by atoms with Crippen molar-refractivity contribution in [2.75, 3.05) is 5.75 Å². The van der Waals surface area contributed by atoms with Gasteiger partial charge in [-0.3, -0.25) is 19.2 Å². The van der Waals surface area contributed by atoms with Gasteiger partial charge in [0.15, 0.2) is 44.7 Å². The summed E-state index contributed by atoms with van der Waals surface area (Å²) in [5, 5.41) is 16.7. The number of ketones is 2. The first-order valence-electron chi connectivity index (χ1n) is 15.3. The second-order valence-electron chi connectivity index (χ2n) is 11.6. The number of benzene rings is 4. The number of hydrogen-bond donors (Lipinski definition) is 3. The van der Waals surface area contributed by atoms with E-state index < -0.39 is 129 Å². The zero-order valence-electron chi connectivity index (χ0n) is 28.4. The predicted octanol–water partition coefficient (Wildman–Crippen LogP) is 5.90. The van der Waals surface area contributed by atoms with Gasteiger partial charge >= 0.3 is 11.9 Å². The minimum atomic E-state index is -4.12. The first kappa shape index (κ1) is 46.0. The Morgan fingerprint density at radius 2 is 0.964 bits per heavy atom. The number of rotatable bonds is 12. The van der Waals surface area contributed by atoms with Crippen molar-refractivity contribution in [1.82, 2.24) is 0 Å². The first-order valence-corrected chi connectivity index (χ1v) is 19.2. The molecule has 0 radical (unpaired) electrons. The zero-order valence-corrected chi connectivity index (χ0v) is 30.8. The molecule has 0 saturated carbocycles. The summed E-state index contributed by atoms with van der Waals surface area (Å²) in [6, 6.07) is 9.94. The van der Waals surface area contributed by atoms with Crippen molar-refractivity contribution in [2.45, 2.75) is 42.5 Å². The molecule has 0 saturated heterocycles. The number of Topliss-reactive ketones (excluding diaryl/α,β-unsaturated/α-hetero) is 2. The van der Waals surface area contributed by atoms with Crippen LogP contribution in [0.2, 0.25) is 0 Å². The number of nitrogens with two attached hydrogens (primary N) is 1. The number of hydrogen-bond acceptors (Lipinski definition) is 9. The molecule has 0 aliphatic rings. The topological polar surface area (TPSA) is 203 Å². The molecule has 0 aliphatic carbocycles. The highest BCUT2D eigenvalue weighted by atomic mass is 35.7. The third-order valence-electron chi connectivity index (χ3n) is 7.10. The quantitative estimate of drug-likeness (QED) is 0.0664. The molecule has 0 aliphatic heterocycles. The zero-order chi connectivity index (χ0) is 42.0. The highest BCUT2D eigenvalue weighted by Gasteiger charge is 2.25. The number of carboxylic acids is 2. The van der Waals surface area contributed by atoms with Crippen LogP contribution in [0.4, 0.5) is 26.3 Å². The summed E-state index contributed by atoms with van der Waals surface area (Å²) in [5.41, 5.74) is 4.02. The Balaban J connectivity index is 0.000000336. The molecule has 11 nitrogen and oxygen atoms in total. The Kier molecular flexibility index (Phi) is 16.3. The normalized spacial score (nSPS) is 12.3. The summed E-state index contributed by atoms with van der Waals surface area (Å²) in [6.07, 6.45) is -0.886. The Labute approximate surface area is 314 Å². The number of carbonyl (C=O) groups excluding carboxylic acids is 2. The smallest absolute Gasteiger partial charge is 0.320 e. The summed E-state index contributed by atoms with van der Waals surface area (Å²) in [6.45, 7) is 2.63. The van der Waals surface area contributed by atoms with E-state index in [2.05, 4.69) is 0 Å². The van der Waals surface area contributed by atoms with Gasteiger partial charge in [-0.05, 0) is 78.7 Å². The molecule has 0 amide bonds. The third kappa shape index (κ3) is 13.9. The summed E-state index contributed by atoms with van der Waals surface area (Å²) in [7, 11) is -3.06. The molecule has 0 bridgehead atoms. The van der Waals surface area contributed by atoms with Crippen LogP contribution in [0.3, 0.4) is 0 Å². The lowest BCUT2D eigenvalue weighted by Gasteiger charge is -2.10. The lowest BCUT2D eigenvalue weighted by molar-refractivity contribution is -0.140. The standard InChI is InChI=1S/C18H15F3O5S.C14H8ClF3O3S.C3H7NO2/c1-10(18(23)24)9-27(25,26)12-3-5-14(19)13(8-12)17(22)7-11-2-4-15(20)16(21)6-11;15-22(20,21)9-2-4-11(16)10(7-9)14(19)6-8-1-3-12(17)13(18)5-8;1-2(4)3(5)6/h2-6,8,10H,7,9H2,1H3,(H,23,24);1-5,7H,6H2;2H,4H2,1H3,(H,5,6)/t10-;;2-/m1.0/s1. The molecule has 0 aromatic heterocycles. The van der Waals surface area contributed by atoms with Crippen LogP contribution in [0.1, 0.15) is 45.7 Å². The van der Waals surface area contributed by atoms with E-state index in [4.69, 9.17) is 26.6 Å². The molecule has 20 heteroatoms. The van der Waals surface area contributed by atoms with Crippen molar-refractivity contribution >= 4 is 53.1 Å². The Morgan fingerprint density at radius 1 is 0.600 bits per heavy atom. The molecule has 296 valence electrons. The van der Waals surface area contributed by atoms with Crippen LogP contribution >= 0.6 is 10.7 Å². The fourth-order valence-electron chi connectivity index (χ4n) is 4.14. The van der Waals surface area contributed by atoms with Gasteiger partial charge < -0.3 is 15.9 Å². The van der Waals surface area contributed by atoms with Crippen molar-refractivity contribution in [1.29, 1.82) is 0 Å². The highest BCUT2D eigenvalue weighted by molar-refractivity contribution is 8.13. The molecule has 0 fully saturated rings. The fourth-order valence-corrected chi connectivity index (χ4v) is 6.48. The number of carbonyl (C=O) groups is 4. The maximum Gasteiger partial charge on any atom is 0.320 e. The average molecular weight is 838 g/mol. The lowest BCUT2D eigenvalue weighted by atomic mass is 10.0. The van der Waals surface area contributed by atoms with E-state index in [1.807, 2.05) is 0 Å². The van der Waals surface area contributed by atoms with Gasteiger partial charge in [0, 0.05) is 23.5 Å². The van der Waals surface area contributed by atoms with E-state index in [1.54, 1.807) is 0 Å². The van der Waals surface area contributed by atoms with Crippen molar-refractivity contribution in [3.63, 3.8) is 0 Å². The third-order valence-corrected chi connectivity index (χ3v) is 10.4. The second kappa shape index (κ2) is 19.5. The van der Waals surface area contributed by atoms with Crippen LogP contribution < -0.4 is 5.73 Å². The molecule has 0 heterocycles. The van der Waals surface area contributed by atoms with Gasteiger partial charge in [-0.15, -0.1) is 0 Å². The van der Waals surface area contributed by atoms with Gasteiger partial charge in [0.1, 0.15) is 17.7 Å². The SMILES string of the molecule is C[C@H](CS(=O)(=O)c1ccc(F)c(C(=O)Cc2ccc(F)c(F)c2)c1)C(=O)O.C[C@H](N)C(=O)O.O=C(Cc1ccc(F)c(F)c1)c1cc(S(=O)(=O)Cl)ccc1F. The van der Waals surface area contributed by atoms with Gasteiger partial charge in [-0.1, -0.05) is 19.1 Å². The monoisotopic (exact) mass is 837 g/mol. The van der Waals surface area contributed by atoms with Gasteiger partial charge in [0.2, 0.25) is 0 Å². The number of halogens is 7. The maximum atomic E-state index is 14.0. The number of carboxylic acid groups (broad SMARTS) is 2. The number of sulfone groups is 1. The van der Waals surface area contributed by atoms with Crippen molar-refractivity contribution in [3.05, 3.63) is 130 Å². The molecule has 4 rings (SSSR count). The molecular weight excluding hydrogens is 808 g/mol. The Bertz CT molecular complexity index is 2320. The molecule has 2 atom stereocenters. The van der Waals surface area contributed by atoms with Gasteiger partial charge in [-0.2, -0.15) is 0 Å². The van der Waals surface area contributed by atoms with E-state index in [1.165, 1.54) is 19.9 Å². The molecular formula is C35H30ClF6NO10S2. The van der Waals surface area contributed by atoms with Gasteiger partial charge in [0.25, 0.3) is 9.05 Å². The Morgan fingerprint density at radius 3 is 1.31 bits per heavy atom. The number of aliphatic carboxylic acids is 2. The molecule has 0 unspecified atom stereocenters. The van der Waals surface area contributed by atoms with E-state index in [-0.39, 0.29) is 11.1 Å². The average Bonchev–Trinajstić information content (AvgIpc) is 3.08. The molecule has 55 heavy (non-hydrogen) atoms. The van der Waals surface area contributed by atoms with Crippen molar-refractivity contribution in [2.24, 2.45) is 11.7 Å². The van der Waals surface area contributed by atoms with Crippen LogP contribution in [-0.2, 0) is 41.3 Å². The highest BCUT2D eigenvalue weighted by Crippen LogP contribution is 2.22. The summed E-state index contributed by atoms with van der Waals surface area (Å²) < 4.78 is 127. The molecule has 4 aromatic rings. The fraction of sp³-hybridized carbons (Fsp3) is 0.200. The summed E-state index contributed by atoms with van der Waals surface area (Å²) in [5.74, 6) is -12.2. The molecule has 0 spiro atoms. The van der Waals surface area contributed by atoms with Crippen LogP contribution in [0.15, 0.2) is 82.6 Å². The van der Waals surface area contributed by atoms with Crippen LogP contribution in [0.25, 0.3) is 0 Å². The largest absolute Gasteiger partial charge is 0.481 e. The minimum Gasteiger partial charge on any atom is -0.481 e. The Hall–Kier alpha value is -5.11. The second-order valence-corrected chi connectivity index (χ2v) is 16.2. The van der Waals surface area contributed by atoms with Crippen LogP contribution in [0, 0.1) is 40.8 Å². The van der Waals surface area contributed by atoms with Crippen molar-refractivity contribution in [3.8, 4) is 0 Å². The van der Waals surface area contributed by atoms with E-state index in [0.717, 1.165) is 66.7 Å². The molecule has 4 N–H and O–H groups in total. The predicted molar refractivity (Wildman–Crippen MR) is 185 cm³/mol. The van der Waals surface area contributed by atoms with E-state index >= 15 is 0 Å². The maximum absolute atomic E-state index is 14.0. The van der Waals surface area contributed by atoms with E-state index in [9.17, 15) is 62.4 Å².